The van der Waals surface area contributed by atoms with E-state index < -0.39 is 5.60 Å². The molecule has 3 unspecified atom stereocenters. The van der Waals surface area contributed by atoms with Crippen LogP contribution >= 0.6 is 0 Å². The summed E-state index contributed by atoms with van der Waals surface area (Å²) in [5, 5.41) is 15.0. The average molecular weight is 287 g/mol. The van der Waals surface area contributed by atoms with Crippen LogP contribution in [0.2, 0.25) is 0 Å². The lowest BCUT2D eigenvalue weighted by molar-refractivity contribution is -0.0167. The highest BCUT2D eigenvalue weighted by atomic mass is 16.3. The van der Waals surface area contributed by atoms with E-state index in [4.69, 9.17) is 0 Å². The lowest BCUT2D eigenvalue weighted by Crippen LogP contribution is -2.47. The summed E-state index contributed by atoms with van der Waals surface area (Å²) in [5.74, 6) is 1.51. The molecule has 0 spiro atoms. The van der Waals surface area contributed by atoms with Crippen molar-refractivity contribution >= 4 is 0 Å². The van der Waals surface area contributed by atoms with Crippen LogP contribution in [-0.4, -0.2) is 17.3 Å². The molecule has 1 aliphatic carbocycles. The van der Waals surface area contributed by atoms with Gasteiger partial charge in [-0.1, -0.05) is 51.0 Å². The van der Waals surface area contributed by atoms with E-state index in [-0.39, 0.29) is 6.04 Å². The molecule has 1 heterocycles. The molecule has 2 aliphatic rings. The maximum Gasteiger partial charge on any atom is 0.0841 e. The molecular formula is C19H29NO. The van der Waals surface area contributed by atoms with Gasteiger partial charge in [-0.05, 0) is 55.2 Å². The van der Waals surface area contributed by atoms with Crippen LogP contribution in [0, 0.1) is 11.8 Å². The smallest absolute Gasteiger partial charge is 0.0841 e. The third kappa shape index (κ3) is 3.02. The molecule has 0 saturated heterocycles. The Hall–Kier alpha value is -0.860. The molecule has 0 amide bonds. The van der Waals surface area contributed by atoms with Gasteiger partial charge >= 0.3 is 0 Å². The second-order valence-electron chi connectivity index (χ2n) is 7.37. The van der Waals surface area contributed by atoms with Gasteiger partial charge in [-0.2, -0.15) is 0 Å². The Labute approximate surface area is 129 Å². The third-order valence-corrected chi connectivity index (χ3v) is 5.72. The zero-order valence-electron chi connectivity index (χ0n) is 13.4. The highest BCUT2D eigenvalue weighted by molar-refractivity contribution is 5.34. The van der Waals surface area contributed by atoms with Crippen molar-refractivity contribution in [3.05, 3.63) is 35.4 Å². The van der Waals surface area contributed by atoms with Crippen LogP contribution in [0.1, 0.15) is 63.1 Å². The van der Waals surface area contributed by atoms with Crippen LogP contribution < -0.4 is 5.32 Å². The molecule has 3 atom stereocenters. The highest BCUT2D eigenvalue weighted by Crippen LogP contribution is 2.42. The van der Waals surface area contributed by atoms with Crippen LogP contribution in [0.5, 0.6) is 0 Å². The summed E-state index contributed by atoms with van der Waals surface area (Å²) < 4.78 is 0. The number of nitrogens with one attached hydrogen (secondary N) is 1. The Balaban J connectivity index is 1.83. The van der Waals surface area contributed by atoms with Crippen molar-refractivity contribution in [1.82, 2.24) is 5.32 Å². The van der Waals surface area contributed by atoms with Gasteiger partial charge in [0.15, 0.2) is 0 Å². The Morgan fingerprint density at radius 3 is 2.81 bits per heavy atom. The van der Waals surface area contributed by atoms with E-state index >= 15 is 0 Å². The third-order valence-electron chi connectivity index (χ3n) is 5.72. The molecule has 2 N–H and O–H groups in total. The summed E-state index contributed by atoms with van der Waals surface area (Å²) in [4.78, 5) is 0. The molecule has 1 aliphatic heterocycles. The summed E-state index contributed by atoms with van der Waals surface area (Å²) >= 11 is 0. The summed E-state index contributed by atoms with van der Waals surface area (Å²) in [7, 11) is 0. The first-order valence-electron chi connectivity index (χ1n) is 8.64. The minimum absolute atomic E-state index is 0.119. The first kappa shape index (κ1) is 15.1. The quantitative estimate of drug-likeness (QED) is 0.810. The monoisotopic (exact) mass is 287 g/mol. The van der Waals surface area contributed by atoms with E-state index in [1.54, 1.807) is 0 Å². The van der Waals surface area contributed by atoms with E-state index in [9.17, 15) is 5.11 Å². The van der Waals surface area contributed by atoms with Crippen molar-refractivity contribution in [2.75, 3.05) is 6.54 Å². The minimum Gasteiger partial charge on any atom is -0.388 e. The number of hydrogen-bond acceptors (Lipinski definition) is 2. The Morgan fingerprint density at radius 1 is 1.19 bits per heavy atom. The average Bonchev–Trinajstić information content (AvgIpc) is 2.69. The van der Waals surface area contributed by atoms with Gasteiger partial charge in [-0.3, -0.25) is 0 Å². The molecule has 1 saturated carbocycles. The largest absolute Gasteiger partial charge is 0.388 e. The predicted octanol–water partition coefficient (Wildman–Crippen LogP) is 3.84. The van der Waals surface area contributed by atoms with E-state index in [2.05, 4.69) is 43.4 Å². The molecule has 1 fully saturated rings. The fourth-order valence-corrected chi connectivity index (χ4v) is 4.31. The van der Waals surface area contributed by atoms with Crippen molar-refractivity contribution < 1.29 is 5.11 Å². The van der Waals surface area contributed by atoms with E-state index in [0.29, 0.717) is 0 Å². The predicted molar refractivity (Wildman–Crippen MR) is 87.3 cm³/mol. The number of aliphatic hydroxyl groups is 1. The molecule has 0 bridgehead atoms. The zero-order valence-corrected chi connectivity index (χ0v) is 13.4. The van der Waals surface area contributed by atoms with Crippen LogP contribution in [-0.2, 0) is 6.42 Å². The fraction of sp³-hybridized carbons (Fsp3) is 0.684. The summed E-state index contributed by atoms with van der Waals surface area (Å²) in [6.45, 7) is 5.63. The van der Waals surface area contributed by atoms with Gasteiger partial charge < -0.3 is 10.4 Å². The second kappa shape index (κ2) is 6.10. The minimum atomic E-state index is -0.569. The summed E-state index contributed by atoms with van der Waals surface area (Å²) in [5.41, 5.74) is 2.17. The van der Waals surface area contributed by atoms with Crippen LogP contribution in [0.3, 0.4) is 0 Å². The normalized spacial score (nSPS) is 33.5. The van der Waals surface area contributed by atoms with E-state index in [1.165, 1.54) is 17.5 Å². The van der Waals surface area contributed by atoms with Gasteiger partial charge in [-0.15, -0.1) is 0 Å². The van der Waals surface area contributed by atoms with Gasteiger partial charge in [-0.25, -0.2) is 0 Å². The standard InChI is InChI=1S/C19H29NO/c1-14(2)15-7-5-11-19(21,12-9-15)18-17-8-4-3-6-16(17)10-13-20-18/h3-4,6,8,14-15,18,20-21H,5,7,9-13H2,1-2H3. The lowest BCUT2D eigenvalue weighted by Gasteiger charge is -2.40. The van der Waals surface area contributed by atoms with Crippen molar-refractivity contribution in [2.45, 2.75) is 64.0 Å². The molecule has 1 aromatic carbocycles. The molecule has 2 nitrogen and oxygen atoms in total. The van der Waals surface area contributed by atoms with Gasteiger partial charge in [0.2, 0.25) is 0 Å². The van der Waals surface area contributed by atoms with Crippen LogP contribution in [0.4, 0.5) is 0 Å². The first-order chi connectivity index (χ1) is 10.1. The van der Waals surface area contributed by atoms with Crippen LogP contribution in [0.15, 0.2) is 24.3 Å². The topological polar surface area (TPSA) is 32.3 Å². The molecule has 21 heavy (non-hydrogen) atoms. The van der Waals surface area contributed by atoms with Gasteiger partial charge in [0.25, 0.3) is 0 Å². The Bertz CT molecular complexity index is 484. The molecule has 1 aromatic rings. The first-order valence-corrected chi connectivity index (χ1v) is 8.64. The van der Waals surface area contributed by atoms with Crippen molar-refractivity contribution in [3.8, 4) is 0 Å². The molecule has 0 radical (unpaired) electrons. The van der Waals surface area contributed by atoms with Gasteiger partial charge in [0.1, 0.15) is 0 Å². The number of rotatable bonds is 2. The van der Waals surface area contributed by atoms with E-state index in [1.807, 2.05) is 0 Å². The molecule has 0 aromatic heterocycles. The fourth-order valence-electron chi connectivity index (χ4n) is 4.31. The summed E-state index contributed by atoms with van der Waals surface area (Å²) in [6, 6.07) is 8.77. The number of hydrogen-bond donors (Lipinski definition) is 2. The number of fused-ring (bicyclic) bond motifs is 1. The lowest BCUT2D eigenvalue weighted by atomic mass is 9.78. The number of benzene rings is 1. The van der Waals surface area contributed by atoms with Crippen molar-refractivity contribution in [3.63, 3.8) is 0 Å². The second-order valence-corrected chi connectivity index (χ2v) is 7.37. The Kier molecular flexibility index (Phi) is 4.37. The van der Waals surface area contributed by atoms with Crippen molar-refractivity contribution in [1.29, 1.82) is 0 Å². The van der Waals surface area contributed by atoms with Gasteiger partial charge in [0, 0.05) is 0 Å². The molecular weight excluding hydrogens is 258 g/mol. The van der Waals surface area contributed by atoms with Gasteiger partial charge in [0.05, 0.1) is 11.6 Å². The van der Waals surface area contributed by atoms with E-state index in [0.717, 1.165) is 50.5 Å². The molecule has 116 valence electrons. The van der Waals surface area contributed by atoms with Crippen LogP contribution in [0.25, 0.3) is 0 Å². The summed E-state index contributed by atoms with van der Waals surface area (Å²) in [6.07, 6.45) is 6.53. The van der Waals surface area contributed by atoms with Crippen molar-refractivity contribution in [2.24, 2.45) is 11.8 Å². The SMILES string of the molecule is CC(C)C1CCCC(O)(C2NCCc3ccccc32)CC1. The molecule has 3 rings (SSSR count). The zero-order chi connectivity index (χ0) is 14.9. The Morgan fingerprint density at radius 2 is 2.00 bits per heavy atom. The maximum absolute atomic E-state index is 11.4. The highest BCUT2D eigenvalue weighted by Gasteiger charge is 2.41. The maximum atomic E-state index is 11.4. The molecule has 2 heteroatoms.